The van der Waals surface area contributed by atoms with Gasteiger partial charge in [-0.2, -0.15) is 13.2 Å². The fraction of sp³-hybridized carbons (Fsp3) is 0.700. The molecule has 8 nitrogen and oxygen atoms in total. The third-order valence-electron chi connectivity index (χ3n) is 9.05. The van der Waals surface area contributed by atoms with E-state index in [0.29, 0.717) is 30.4 Å². The molecule has 1 aromatic rings. The summed E-state index contributed by atoms with van der Waals surface area (Å²) in [5, 5.41) is 7.96. The summed E-state index contributed by atoms with van der Waals surface area (Å²) >= 11 is 0. The van der Waals surface area contributed by atoms with E-state index in [2.05, 4.69) is 16.0 Å². The molecule has 0 aromatic heterocycles. The summed E-state index contributed by atoms with van der Waals surface area (Å²) in [6, 6.07) is 2.17. The number of rotatable bonds is 8. The van der Waals surface area contributed by atoms with Gasteiger partial charge in [0.2, 0.25) is 5.91 Å². The number of hydrogen-bond donors (Lipinski definition) is 3. The molecule has 3 atom stereocenters. The van der Waals surface area contributed by atoms with E-state index < -0.39 is 48.1 Å². The molecule has 2 saturated carbocycles. The summed E-state index contributed by atoms with van der Waals surface area (Å²) in [7, 11) is 0. The number of alkyl carbamates (subject to hydrolysis) is 1. The van der Waals surface area contributed by atoms with Crippen LogP contribution in [0.3, 0.4) is 0 Å². The summed E-state index contributed by atoms with van der Waals surface area (Å²) in [6.07, 6.45) is -0.178. The van der Waals surface area contributed by atoms with Crippen molar-refractivity contribution in [2.45, 2.75) is 103 Å². The summed E-state index contributed by atoms with van der Waals surface area (Å²) < 4.78 is 45.8. The Morgan fingerprint density at radius 2 is 1.66 bits per heavy atom. The van der Waals surface area contributed by atoms with Crippen LogP contribution >= 0.6 is 0 Å². The van der Waals surface area contributed by atoms with E-state index >= 15 is 0 Å². The minimum absolute atomic E-state index is 0.0424. The summed E-state index contributed by atoms with van der Waals surface area (Å²) in [4.78, 5) is 40.5. The second-order valence-corrected chi connectivity index (χ2v) is 13.6. The first-order valence-electron chi connectivity index (χ1n) is 14.6. The molecule has 0 spiro atoms. The minimum atomic E-state index is -4.52. The highest BCUT2D eigenvalue weighted by Gasteiger charge is 2.55. The quantitative estimate of drug-likeness (QED) is 0.385. The molecular weight excluding hydrogens is 537 g/mol. The molecule has 226 valence electrons. The molecule has 0 bridgehead atoms. The van der Waals surface area contributed by atoms with E-state index in [-0.39, 0.29) is 17.7 Å². The molecule has 0 radical (unpaired) electrons. The molecule has 5 rings (SSSR count). The molecule has 1 aliphatic heterocycles. The Labute approximate surface area is 239 Å². The Hall–Kier alpha value is -2.98. The van der Waals surface area contributed by atoms with Gasteiger partial charge in [-0.15, -0.1) is 0 Å². The first-order chi connectivity index (χ1) is 19.1. The zero-order valence-electron chi connectivity index (χ0n) is 24.4. The lowest BCUT2D eigenvalue weighted by atomic mass is 9.81. The van der Waals surface area contributed by atoms with Crippen LogP contribution in [0.5, 0.6) is 0 Å². The number of anilines is 1. The Balaban J connectivity index is 1.34. The lowest BCUT2D eigenvalue weighted by Gasteiger charge is -2.41. The minimum Gasteiger partial charge on any atom is -0.444 e. The highest BCUT2D eigenvalue weighted by Crippen LogP contribution is 2.51. The standard InChI is InChI=1S/C30H41F3N4O4/c1-16(2)29(37-15-22(30(31,32)33)35-26(37)39)13-19-10-11-21(12-20(19)14-29)34-25(38)24(36-27(40)41-28(3,4)5)23(17-6-7-17)18-8-9-18/h10-12,16-18,22-24H,6-9,13-15H2,1-5H3,(H,34,38)(H,35,39)(H,36,40)/t22?,24-,29?/m0/s1. The number of nitrogens with zero attached hydrogens (tertiary/aromatic N) is 1. The van der Waals surface area contributed by atoms with Crippen LogP contribution in [-0.2, 0) is 22.4 Å². The van der Waals surface area contributed by atoms with E-state index in [1.165, 1.54) is 4.90 Å². The van der Waals surface area contributed by atoms with Gasteiger partial charge in [-0.05, 0) is 106 Å². The van der Waals surface area contributed by atoms with Gasteiger partial charge in [0.25, 0.3) is 0 Å². The number of hydrogen-bond acceptors (Lipinski definition) is 4. The third-order valence-corrected chi connectivity index (χ3v) is 9.05. The summed E-state index contributed by atoms with van der Waals surface area (Å²) in [5.41, 5.74) is 0.872. The zero-order valence-corrected chi connectivity index (χ0v) is 24.4. The number of benzene rings is 1. The van der Waals surface area contributed by atoms with Crippen LogP contribution in [0.2, 0.25) is 0 Å². The zero-order chi connectivity index (χ0) is 29.9. The monoisotopic (exact) mass is 578 g/mol. The topological polar surface area (TPSA) is 99.8 Å². The lowest BCUT2D eigenvalue weighted by molar-refractivity contribution is -0.151. The first-order valence-corrected chi connectivity index (χ1v) is 14.6. The van der Waals surface area contributed by atoms with Gasteiger partial charge in [-0.1, -0.05) is 19.9 Å². The van der Waals surface area contributed by atoms with Crippen LogP contribution in [0.4, 0.5) is 28.4 Å². The number of carbonyl (C=O) groups excluding carboxylic acids is 3. The second kappa shape index (κ2) is 10.4. The number of nitrogens with one attached hydrogen (secondary N) is 3. The molecule has 4 amide bonds. The van der Waals surface area contributed by atoms with Crippen LogP contribution in [0, 0.1) is 23.7 Å². The van der Waals surface area contributed by atoms with Crippen molar-refractivity contribution in [3.05, 3.63) is 29.3 Å². The second-order valence-electron chi connectivity index (χ2n) is 13.6. The fourth-order valence-corrected chi connectivity index (χ4v) is 6.66. The Kier molecular flexibility index (Phi) is 7.47. The molecule has 3 fully saturated rings. The van der Waals surface area contributed by atoms with Crippen molar-refractivity contribution < 1.29 is 32.3 Å². The van der Waals surface area contributed by atoms with Crippen molar-refractivity contribution in [3.63, 3.8) is 0 Å². The van der Waals surface area contributed by atoms with Gasteiger partial charge in [0, 0.05) is 5.69 Å². The Bertz CT molecular complexity index is 1190. The third kappa shape index (κ3) is 6.28. The van der Waals surface area contributed by atoms with Crippen molar-refractivity contribution in [2.75, 3.05) is 11.9 Å². The molecule has 1 saturated heterocycles. The lowest BCUT2D eigenvalue weighted by Crippen LogP contribution is -2.55. The van der Waals surface area contributed by atoms with E-state index in [4.69, 9.17) is 4.74 Å². The SMILES string of the molecule is CC(C)C1(N2CC(C(F)(F)F)NC2=O)Cc2ccc(NC(=O)[C@@H](NC(=O)OC(C)(C)C)C(C3CC3)C3CC3)cc2C1. The predicted molar refractivity (Wildman–Crippen MR) is 147 cm³/mol. The molecule has 11 heteroatoms. The molecule has 4 aliphatic rings. The van der Waals surface area contributed by atoms with Gasteiger partial charge >= 0.3 is 18.3 Å². The Morgan fingerprint density at radius 3 is 2.17 bits per heavy atom. The summed E-state index contributed by atoms with van der Waals surface area (Å²) in [6.45, 7) is 8.74. The van der Waals surface area contributed by atoms with Crippen molar-refractivity contribution >= 4 is 23.7 Å². The van der Waals surface area contributed by atoms with E-state index in [0.717, 1.165) is 36.8 Å². The number of ether oxygens (including phenoxy) is 1. The van der Waals surface area contributed by atoms with Crippen molar-refractivity contribution in [1.82, 2.24) is 15.5 Å². The molecular formula is C30H41F3N4O4. The van der Waals surface area contributed by atoms with Crippen molar-refractivity contribution in [1.29, 1.82) is 0 Å². The highest BCUT2D eigenvalue weighted by molar-refractivity contribution is 5.97. The van der Waals surface area contributed by atoms with Crippen LogP contribution in [-0.4, -0.2) is 58.9 Å². The molecule has 3 N–H and O–H groups in total. The van der Waals surface area contributed by atoms with Crippen LogP contribution in [0.25, 0.3) is 0 Å². The maximum absolute atomic E-state index is 13.7. The maximum Gasteiger partial charge on any atom is 0.410 e. The van der Waals surface area contributed by atoms with Gasteiger partial charge in [-0.3, -0.25) is 4.79 Å². The predicted octanol–water partition coefficient (Wildman–Crippen LogP) is 5.40. The van der Waals surface area contributed by atoms with Gasteiger partial charge in [0.1, 0.15) is 17.7 Å². The van der Waals surface area contributed by atoms with Crippen molar-refractivity contribution in [2.24, 2.45) is 23.7 Å². The van der Waals surface area contributed by atoms with Crippen LogP contribution in [0.1, 0.15) is 71.4 Å². The number of fused-ring (bicyclic) bond motifs is 1. The number of amides is 4. The fourth-order valence-electron chi connectivity index (χ4n) is 6.66. The van der Waals surface area contributed by atoms with Crippen molar-refractivity contribution in [3.8, 4) is 0 Å². The molecule has 3 aliphatic carbocycles. The molecule has 41 heavy (non-hydrogen) atoms. The Morgan fingerprint density at radius 1 is 1.05 bits per heavy atom. The van der Waals surface area contributed by atoms with Gasteiger partial charge in [0.05, 0.1) is 12.1 Å². The van der Waals surface area contributed by atoms with Gasteiger partial charge in [-0.25, -0.2) is 9.59 Å². The van der Waals surface area contributed by atoms with Gasteiger partial charge < -0.3 is 25.6 Å². The van der Waals surface area contributed by atoms with E-state index in [1.54, 1.807) is 26.8 Å². The number of urea groups is 1. The van der Waals surface area contributed by atoms with E-state index in [1.807, 2.05) is 26.0 Å². The largest absolute Gasteiger partial charge is 0.444 e. The molecule has 1 aromatic carbocycles. The number of carbonyl (C=O) groups is 3. The smallest absolute Gasteiger partial charge is 0.410 e. The molecule has 1 heterocycles. The van der Waals surface area contributed by atoms with Crippen LogP contribution < -0.4 is 16.0 Å². The maximum atomic E-state index is 13.7. The molecule has 2 unspecified atom stereocenters. The average molecular weight is 579 g/mol. The average Bonchev–Trinajstić information content (AvgIpc) is 3.77. The number of halogens is 3. The van der Waals surface area contributed by atoms with Gasteiger partial charge in [0.15, 0.2) is 0 Å². The van der Waals surface area contributed by atoms with E-state index in [9.17, 15) is 27.6 Å². The van der Waals surface area contributed by atoms with Crippen LogP contribution in [0.15, 0.2) is 18.2 Å². The summed E-state index contributed by atoms with van der Waals surface area (Å²) in [5.74, 6) is 0.422. The highest BCUT2D eigenvalue weighted by atomic mass is 19.4. The first kappa shape index (κ1) is 29.5. The number of alkyl halides is 3. The normalized spacial score (nSPS) is 25.3.